The Bertz CT molecular complexity index is 361. The number of carbonyl (C=O) groups is 1. The molecule has 0 bridgehead atoms. The van der Waals surface area contributed by atoms with Gasteiger partial charge in [-0.3, -0.25) is 0 Å². The molecule has 1 unspecified atom stereocenters. The van der Waals surface area contributed by atoms with E-state index in [0.29, 0.717) is 0 Å². The third-order valence-corrected chi connectivity index (χ3v) is 2.29. The van der Waals surface area contributed by atoms with E-state index in [2.05, 4.69) is 10.3 Å². The summed E-state index contributed by atoms with van der Waals surface area (Å²) in [6, 6.07) is 3.08. The Hall–Kier alpha value is -1.62. The van der Waals surface area contributed by atoms with E-state index in [0.717, 1.165) is 19.5 Å². The topological polar surface area (TPSA) is 71.5 Å². The summed E-state index contributed by atoms with van der Waals surface area (Å²) in [7, 11) is 0. The fraction of sp³-hybridized carbons (Fsp3) is 0.400. The summed E-state index contributed by atoms with van der Waals surface area (Å²) in [5, 5.41) is 12.0. The molecule has 5 nitrogen and oxygen atoms in total. The number of aromatic carboxylic acids is 1. The van der Waals surface area contributed by atoms with Crippen LogP contribution in [0.5, 0.6) is 5.88 Å². The minimum absolute atomic E-state index is 0.0259. The maximum Gasteiger partial charge on any atom is 0.341 e. The lowest BCUT2D eigenvalue weighted by molar-refractivity contribution is 0.0688. The zero-order valence-corrected chi connectivity index (χ0v) is 8.14. The van der Waals surface area contributed by atoms with Crippen molar-refractivity contribution in [3.63, 3.8) is 0 Å². The third-order valence-electron chi connectivity index (χ3n) is 2.29. The lowest BCUT2D eigenvalue weighted by Gasteiger charge is -2.12. The van der Waals surface area contributed by atoms with Crippen molar-refractivity contribution >= 4 is 5.97 Å². The van der Waals surface area contributed by atoms with Crippen LogP contribution < -0.4 is 10.1 Å². The predicted molar refractivity (Wildman–Crippen MR) is 53.1 cm³/mol. The van der Waals surface area contributed by atoms with E-state index in [1.807, 2.05) is 0 Å². The quantitative estimate of drug-likeness (QED) is 0.757. The van der Waals surface area contributed by atoms with E-state index in [4.69, 9.17) is 9.84 Å². The first-order valence-electron chi connectivity index (χ1n) is 4.83. The average Bonchev–Trinajstić information content (AvgIpc) is 2.71. The standard InChI is InChI=1S/C10H12N2O3/c13-10(14)8-2-1-4-12-9(8)15-7-3-5-11-6-7/h1-2,4,7,11H,3,5-6H2,(H,13,14). The van der Waals surface area contributed by atoms with Crippen LogP contribution in [-0.4, -0.2) is 35.3 Å². The van der Waals surface area contributed by atoms with Crippen molar-refractivity contribution in [2.45, 2.75) is 12.5 Å². The van der Waals surface area contributed by atoms with Gasteiger partial charge in [-0.15, -0.1) is 0 Å². The summed E-state index contributed by atoms with van der Waals surface area (Å²) < 4.78 is 5.51. The van der Waals surface area contributed by atoms with Crippen LogP contribution in [0, 0.1) is 0 Å². The molecule has 80 valence electrons. The van der Waals surface area contributed by atoms with Gasteiger partial charge in [0.05, 0.1) is 0 Å². The first-order valence-corrected chi connectivity index (χ1v) is 4.83. The van der Waals surface area contributed by atoms with E-state index >= 15 is 0 Å². The largest absolute Gasteiger partial charge is 0.477 e. The second-order valence-corrected chi connectivity index (χ2v) is 3.39. The Morgan fingerprint density at radius 1 is 1.67 bits per heavy atom. The summed E-state index contributed by atoms with van der Waals surface area (Å²) in [5.41, 5.74) is 0.115. The molecule has 0 radical (unpaired) electrons. The molecule has 0 spiro atoms. The summed E-state index contributed by atoms with van der Waals surface area (Å²) in [4.78, 5) is 14.8. The van der Waals surface area contributed by atoms with E-state index in [9.17, 15) is 4.79 Å². The number of hydrogen-bond acceptors (Lipinski definition) is 4. The van der Waals surface area contributed by atoms with Gasteiger partial charge in [-0.2, -0.15) is 0 Å². The van der Waals surface area contributed by atoms with Gasteiger partial charge >= 0.3 is 5.97 Å². The SMILES string of the molecule is O=C(O)c1cccnc1OC1CCNC1. The number of nitrogens with zero attached hydrogens (tertiary/aromatic N) is 1. The van der Waals surface area contributed by atoms with Gasteiger partial charge < -0.3 is 15.2 Å². The van der Waals surface area contributed by atoms with Crippen LogP contribution >= 0.6 is 0 Å². The van der Waals surface area contributed by atoms with Gasteiger partial charge in [-0.25, -0.2) is 9.78 Å². The molecule has 2 rings (SSSR count). The van der Waals surface area contributed by atoms with Gasteiger partial charge in [0.25, 0.3) is 0 Å². The zero-order chi connectivity index (χ0) is 10.7. The van der Waals surface area contributed by atoms with Crippen LogP contribution in [0.1, 0.15) is 16.8 Å². The van der Waals surface area contributed by atoms with Gasteiger partial charge in [0, 0.05) is 12.7 Å². The molecule has 2 heterocycles. The highest BCUT2D eigenvalue weighted by molar-refractivity contribution is 5.90. The minimum atomic E-state index is -1.01. The molecule has 0 saturated carbocycles. The fourth-order valence-electron chi connectivity index (χ4n) is 1.53. The van der Waals surface area contributed by atoms with Gasteiger partial charge in [0.2, 0.25) is 5.88 Å². The van der Waals surface area contributed by atoms with Crippen molar-refractivity contribution in [2.24, 2.45) is 0 Å². The number of pyridine rings is 1. The van der Waals surface area contributed by atoms with Crippen molar-refractivity contribution in [1.82, 2.24) is 10.3 Å². The van der Waals surface area contributed by atoms with E-state index in [1.165, 1.54) is 12.3 Å². The van der Waals surface area contributed by atoms with E-state index in [-0.39, 0.29) is 17.5 Å². The highest BCUT2D eigenvalue weighted by Crippen LogP contribution is 2.17. The number of carboxylic acid groups (broad SMARTS) is 1. The number of rotatable bonds is 3. The Kier molecular flexibility index (Phi) is 2.82. The van der Waals surface area contributed by atoms with Crippen molar-refractivity contribution in [3.05, 3.63) is 23.9 Å². The molecule has 1 aromatic heterocycles. The smallest absolute Gasteiger partial charge is 0.341 e. The van der Waals surface area contributed by atoms with Gasteiger partial charge in [-0.1, -0.05) is 0 Å². The molecule has 1 aliphatic rings. The minimum Gasteiger partial charge on any atom is -0.477 e. The first kappa shape index (κ1) is 9.92. The second-order valence-electron chi connectivity index (χ2n) is 3.39. The van der Waals surface area contributed by atoms with Gasteiger partial charge in [-0.05, 0) is 25.1 Å². The molecule has 1 fully saturated rings. The lowest BCUT2D eigenvalue weighted by atomic mass is 10.2. The molecule has 0 amide bonds. The Morgan fingerprint density at radius 2 is 2.53 bits per heavy atom. The molecular weight excluding hydrogens is 196 g/mol. The van der Waals surface area contributed by atoms with Crippen LogP contribution in [0.25, 0.3) is 0 Å². The van der Waals surface area contributed by atoms with Crippen molar-refractivity contribution in [3.8, 4) is 5.88 Å². The van der Waals surface area contributed by atoms with Crippen molar-refractivity contribution in [1.29, 1.82) is 0 Å². The number of aromatic nitrogens is 1. The summed E-state index contributed by atoms with van der Waals surface area (Å²) in [6.45, 7) is 1.65. The molecular formula is C10H12N2O3. The Labute approximate surface area is 87.1 Å². The van der Waals surface area contributed by atoms with Crippen LogP contribution in [0.3, 0.4) is 0 Å². The average molecular weight is 208 g/mol. The fourth-order valence-corrected chi connectivity index (χ4v) is 1.53. The highest BCUT2D eigenvalue weighted by Gasteiger charge is 2.20. The predicted octanol–water partition coefficient (Wildman–Crippen LogP) is 0.520. The Morgan fingerprint density at radius 3 is 3.20 bits per heavy atom. The molecule has 5 heteroatoms. The highest BCUT2D eigenvalue weighted by atomic mass is 16.5. The van der Waals surface area contributed by atoms with Crippen LogP contribution in [0.15, 0.2) is 18.3 Å². The summed E-state index contributed by atoms with van der Waals surface area (Å²) in [6.07, 6.45) is 2.44. The van der Waals surface area contributed by atoms with Crippen LogP contribution in [-0.2, 0) is 0 Å². The molecule has 15 heavy (non-hydrogen) atoms. The maximum atomic E-state index is 10.9. The van der Waals surface area contributed by atoms with Gasteiger partial charge in [0.15, 0.2) is 0 Å². The van der Waals surface area contributed by atoms with Crippen molar-refractivity contribution < 1.29 is 14.6 Å². The first-order chi connectivity index (χ1) is 7.27. The van der Waals surface area contributed by atoms with Crippen LogP contribution in [0.2, 0.25) is 0 Å². The monoisotopic (exact) mass is 208 g/mol. The Balaban J connectivity index is 2.15. The zero-order valence-electron chi connectivity index (χ0n) is 8.14. The lowest BCUT2D eigenvalue weighted by Crippen LogP contribution is -2.21. The number of nitrogens with one attached hydrogen (secondary N) is 1. The number of carboxylic acids is 1. The van der Waals surface area contributed by atoms with E-state index in [1.54, 1.807) is 6.07 Å². The summed E-state index contributed by atoms with van der Waals surface area (Å²) in [5.74, 6) is -0.803. The maximum absolute atomic E-state index is 10.9. The number of hydrogen-bond donors (Lipinski definition) is 2. The van der Waals surface area contributed by atoms with E-state index < -0.39 is 5.97 Å². The van der Waals surface area contributed by atoms with Crippen molar-refractivity contribution in [2.75, 3.05) is 13.1 Å². The normalized spacial score (nSPS) is 20.1. The molecule has 0 aromatic carbocycles. The molecule has 0 aliphatic carbocycles. The van der Waals surface area contributed by atoms with Crippen LogP contribution in [0.4, 0.5) is 0 Å². The molecule has 1 aliphatic heterocycles. The molecule has 1 aromatic rings. The number of ether oxygens (including phenoxy) is 1. The third kappa shape index (κ3) is 2.24. The summed E-state index contributed by atoms with van der Waals surface area (Å²) >= 11 is 0. The second kappa shape index (κ2) is 4.27. The molecule has 1 saturated heterocycles. The van der Waals surface area contributed by atoms with Gasteiger partial charge in [0.1, 0.15) is 11.7 Å². The molecule has 2 N–H and O–H groups in total. The molecule has 1 atom stereocenters.